The smallest absolute Gasteiger partial charge is 0.331 e. The predicted octanol–water partition coefficient (Wildman–Crippen LogP) is 2.56. The third-order valence-electron chi connectivity index (χ3n) is 2.35. The minimum Gasteiger partial charge on any atom is -0.478 e. The molecule has 2 N–H and O–H groups in total. The van der Waals surface area contributed by atoms with E-state index in [1.165, 1.54) is 0 Å². The van der Waals surface area contributed by atoms with Crippen LogP contribution in [0.25, 0.3) is 17.5 Å². The van der Waals surface area contributed by atoms with E-state index in [1.807, 2.05) is 30.3 Å². The van der Waals surface area contributed by atoms with E-state index in [0.717, 1.165) is 11.4 Å². The van der Waals surface area contributed by atoms with Crippen molar-refractivity contribution < 1.29 is 9.90 Å². The van der Waals surface area contributed by atoms with Gasteiger partial charge in [0.1, 0.15) is 5.82 Å². The molecule has 0 bridgehead atoms. The molecule has 0 aliphatic heterocycles. The van der Waals surface area contributed by atoms with E-state index in [0.29, 0.717) is 5.69 Å². The highest BCUT2D eigenvalue weighted by Crippen LogP contribution is 2.15. The van der Waals surface area contributed by atoms with Crippen LogP contribution in [0.5, 0.6) is 0 Å². The number of carbonyl (C=O) groups is 1. The molecule has 0 spiro atoms. The van der Waals surface area contributed by atoms with Gasteiger partial charge in [-0.15, -0.1) is 0 Å². The molecule has 1 heterocycles. The first-order chi connectivity index (χ1) is 8.16. The minimum atomic E-state index is -0.930. The highest BCUT2D eigenvalue weighted by molar-refractivity contribution is 5.91. The lowest BCUT2D eigenvalue weighted by atomic mass is 10.2. The zero-order valence-corrected chi connectivity index (χ0v) is 9.34. The molecule has 0 aliphatic rings. The number of nitrogens with zero attached hydrogens (tertiary/aromatic N) is 1. The molecule has 0 atom stereocenters. The summed E-state index contributed by atoms with van der Waals surface area (Å²) >= 11 is 0. The van der Waals surface area contributed by atoms with Crippen molar-refractivity contribution in [3.05, 3.63) is 47.8 Å². The number of carboxylic acid groups (broad SMARTS) is 1. The van der Waals surface area contributed by atoms with Gasteiger partial charge in [0.05, 0.1) is 11.9 Å². The second-order valence-corrected chi connectivity index (χ2v) is 3.69. The molecule has 4 nitrogen and oxygen atoms in total. The number of aromatic amines is 1. The Balaban J connectivity index is 2.29. The van der Waals surface area contributed by atoms with Gasteiger partial charge in [-0.3, -0.25) is 0 Å². The number of rotatable bonds is 3. The number of aromatic nitrogens is 2. The molecule has 1 aromatic heterocycles. The quantitative estimate of drug-likeness (QED) is 0.793. The van der Waals surface area contributed by atoms with Gasteiger partial charge in [-0.25, -0.2) is 9.78 Å². The van der Waals surface area contributed by atoms with Crippen molar-refractivity contribution in [3.8, 4) is 11.4 Å². The van der Waals surface area contributed by atoms with Gasteiger partial charge in [-0.05, 0) is 13.0 Å². The normalized spacial score (nSPS) is 11.5. The average molecular weight is 228 g/mol. The molecule has 4 heteroatoms. The van der Waals surface area contributed by atoms with Crippen LogP contribution in [0.3, 0.4) is 0 Å². The molecule has 86 valence electrons. The standard InChI is InChI=1S/C13H12N2O2/c1-9(13(16)17)7-11-8-14-12(15-11)10-5-3-2-4-6-10/h2-8H,1H3,(H,14,15)(H,16,17)/b9-7+. The first-order valence-corrected chi connectivity index (χ1v) is 5.19. The fourth-order valence-electron chi connectivity index (χ4n) is 1.45. The first kappa shape index (κ1) is 11.1. The van der Waals surface area contributed by atoms with Crippen LogP contribution < -0.4 is 0 Å². The number of carboxylic acids is 1. The lowest BCUT2D eigenvalue weighted by Gasteiger charge is -1.94. The van der Waals surface area contributed by atoms with Gasteiger partial charge in [0, 0.05) is 11.1 Å². The van der Waals surface area contributed by atoms with Crippen molar-refractivity contribution in [2.24, 2.45) is 0 Å². The van der Waals surface area contributed by atoms with E-state index in [4.69, 9.17) is 5.11 Å². The fraction of sp³-hybridized carbons (Fsp3) is 0.0769. The van der Waals surface area contributed by atoms with Gasteiger partial charge in [-0.2, -0.15) is 0 Å². The van der Waals surface area contributed by atoms with Crippen molar-refractivity contribution in [3.63, 3.8) is 0 Å². The molecule has 2 aromatic rings. The maximum absolute atomic E-state index is 10.7. The number of H-pyrrole nitrogens is 1. The topological polar surface area (TPSA) is 66.0 Å². The fourth-order valence-corrected chi connectivity index (χ4v) is 1.45. The van der Waals surface area contributed by atoms with Crippen molar-refractivity contribution in [2.45, 2.75) is 6.92 Å². The minimum absolute atomic E-state index is 0.272. The van der Waals surface area contributed by atoms with Crippen LogP contribution >= 0.6 is 0 Å². The summed E-state index contributed by atoms with van der Waals surface area (Å²) in [5.41, 5.74) is 1.93. The number of aliphatic carboxylic acids is 1. The number of hydrogen-bond acceptors (Lipinski definition) is 2. The van der Waals surface area contributed by atoms with E-state index >= 15 is 0 Å². The van der Waals surface area contributed by atoms with Crippen LogP contribution in [0, 0.1) is 0 Å². The molecule has 0 saturated heterocycles. The lowest BCUT2D eigenvalue weighted by Crippen LogP contribution is -1.95. The summed E-state index contributed by atoms with van der Waals surface area (Å²) in [5, 5.41) is 8.76. The molecule has 0 saturated carbocycles. The van der Waals surface area contributed by atoms with Crippen LogP contribution in [-0.2, 0) is 4.79 Å². The lowest BCUT2D eigenvalue weighted by molar-refractivity contribution is -0.132. The predicted molar refractivity (Wildman–Crippen MR) is 65.3 cm³/mol. The number of benzene rings is 1. The van der Waals surface area contributed by atoms with E-state index < -0.39 is 5.97 Å². The van der Waals surface area contributed by atoms with Crippen LogP contribution in [0.4, 0.5) is 0 Å². The Morgan fingerprint density at radius 2 is 2.06 bits per heavy atom. The van der Waals surface area contributed by atoms with Gasteiger partial charge in [0.25, 0.3) is 0 Å². The highest BCUT2D eigenvalue weighted by atomic mass is 16.4. The van der Waals surface area contributed by atoms with Gasteiger partial charge in [0.2, 0.25) is 0 Å². The molecular weight excluding hydrogens is 216 g/mol. The summed E-state index contributed by atoms with van der Waals surface area (Å²) < 4.78 is 0. The molecule has 0 radical (unpaired) electrons. The Morgan fingerprint density at radius 1 is 1.35 bits per heavy atom. The Kier molecular flexibility index (Phi) is 3.05. The molecule has 0 amide bonds. The largest absolute Gasteiger partial charge is 0.478 e. The van der Waals surface area contributed by atoms with Crippen LogP contribution in [-0.4, -0.2) is 21.0 Å². The molecule has 17 heavy (non-hydrogen) atoms. The average Bonchev–Trinajstić information content (AvgIpc) is 2.78. The molecule has 2 rings (SSSR count). The summed E-state index contributed by atoms with van der Waals surface area (Å²) in [6.07, 6.45) is 3.18. The van der Waals surface area contributed by atoms with Gasteiger partial charge in [0.15, 0.2) is 0 Å². The maximum Gasteiger partial charge on any atom is 0.331 e. The van der Waals surface area contributed by atoms with Gasteiger partial charge >= 0.3 is 5.97 Å². The van der Waals surface area contributed by atoms with Gasteiger partial charge < -0.3 is 10.1 Å². The van der Waals surface area contributed by atoms with E-state index in [2.05, 4.69) is 9.97 Å². The Morgan fingerprint density at radius 3 is 2.71 bits per heavy atom. The summed E-state index contributed by atoms with van der Waals surface area (Å²) in [4.78, 5) is 17.9. The van der Waals surface area contributed by atoms with Gasteiger partial charge in [-0.1, -0.05) is 30.3 Å². The second-order valence-electron chi connectivity index (χ2n) is 3.69. The molecule has 0 unspecified atom stereocenters. The Hall–Kier alpha value is -2.36. The maximum atomic E-state index is 10.7. The van der Waals surface area contributed by atoms with E-state index in [9.17, 15) is 4.79 Å². The number of nitrogens with one attached hydrogen (secondary N) is 1. The summed E-state index contributed by atoms with van der Waals surface area (Å²) in [6, 6.07) is 9.67. The molecule has 0 fully saturated rings. The van der Waals surface area contributed by atoms with Crippen molar-refractivity contribution in [1.82, 2.24) is 9.97 Å². The molecular formula is C13H12N2O2. The van der Waals surface area contributed by atoms with E-state index in [1.54, 1.807) is 19.2 Å². The summed E-state index contributed by atoms with van der Waals surface area (Å²) in [6.45, 7) is 1.55. The molecule has 0 aliphatic carbocycles. The Bertz CT molecular complexity index is 556. The van der Waals surface area contributed by atoms with Crippen LogP contribution in [0.1, 0.15) is 12.6 Å². The third kappa shape index (κ3) is 2.60. The van der Waals surface area contributed by atoms with Crippen LogP contribution in [0.15, 0.2) is 42.1 Å². The van der Waals surface area contributed by atoms with Crippen molar-refractivity contribution in [2.75, 3.05) is 0 Å². The second kappa shape index (κ2) is 4.65. The SMILES string of the molecule is C/C(=C\c1cnc(-c2ccccc2)[nH]1)C(=O)O. The number of imidazole rings is 1. The monoisotopic (exact) mass is 228 g/mol. The highest BCUT2D eigenvalue weighted by Gasteiger charge is 2.04. The van der Waals surface area contributed by atoms with Crippen molar-refractivity contribution in [1.29, 1.82) is 0 Å². The number of hydrogen-bond donors (Lipinski definition) is 2. The Labute approximate surface area is 98.6 Å². The summed E-state index contributed by atoms with van der Waals surface area (Å²) in [7, 11) is 0. The van der Waals surface area contributed by atoms with E-state index in [-0.39, 0.29) is 5.57 Å². The first-order valence-electron chi connectivity index (χ1n) is 5.19. The third-order valence-corrected chi connectivity index (χ3v) is 2.35. The van der Waals surface area contributed by atoms with Crippen molar-refractivity contribution >= 4 is 12.0 Å². The summed E-state index contributed by atoms with van der Waals surface area (Å²) in [5.74, 6) is -0.198. The molecule has 1 aromatic carbocycles. The van der Waals surface area contributed by atoms with Crippen LogP contribution in [0.2, 0.25) is 0 Å². The zero-order valence-electron chi connectivity index (χ0n) is 9.34. The zero-order chi connectivity index (χ0) is 12.3.